The van der Waals surface area contributed by atoms with Crippen LogP contribution in [0.1, 0.15) is 48.3 Å². The van der Waals surface area contributed by atoms with E-state index in [2.05, 4.69) is 4.74 Å². The zero-order valence-electron chi connectivity index (χ0n) is 13.3. The van der Waals surface area contributed by atoms with Crippen LogP contribution in [0.15, 0.2) is 36.4 Å². The van der Waals surface area contributed by atoms with Crippen molar-refractivity contribution in [2.24, 2.45) is 0 Å². The molecule has 1 aliphatic carbocycles. The quantitative estimate of drug-likeness (QED) is 0.616. The Kier molecular flexibility index (Phi) is 4.52. The van der Waals surface area contributed by atoms with Crippen molar-refractivity contribution in [3.63, 3.8) is 0 Å². The highest BCUT2D eigenvalue weighted by molar-refractivity contribution is 5.32. The predicted octanol–water partition coefficient (Wildman–Crippen LogP) is 6.06. The topological polar surface area (TPSA) is 9.23 Å². The summed E-state index contributed by atoms with van der Waals surface area (Å²) >= 11 is 0. The Morgan fingerprint density at radius 3 is 2.17 bits per heavy atom. The highest BCUT2D eigenvalue weighted by atomic mass is 19.3. The largest absolute Gasteiger partial charge is 0.426 e. The monoisotopic (exact) mass is 338 g/mol. The van der Waals surface area contributed by atoms with Crippen molar-refractivity contribution in [2.45, 2.75) is 44.6 Å². The van der Waals surface area contributed by atoms with Crippen LogP contribution in [0.4, 0.5) is 17.6 Å². The van der Waals surface area contributed by atoms with Crippen LogP contribution < -0.4 is 4.74 Å². The van der Waals surface area contributed by atoms with Gasteiger partial charge in [-0.3, -0.25) is 0 Å². The van der Waals surface area contributed by atoms with Crippen LogP contribution in [0.5, 0.6) is 5.75 Å². The predicted molar refractivity (Wildman–Crippen MR) is 83.3 cm³/mol. The standard InChI is InChI=1S/C19H18F4O/c1-12-6-11-16(18(21)17(12)20)24-19(22,23)15-9-7-14(8-10-15)13-4-2-3-5-13/h6-11,13H,2-5H2,1H3. The van der Waals surface area contributed by atoms with Gasteiger partial charge in [-0.1, -0.05) is 31.0 Å². The van der Waals surface area contributed by atoms with E-state index in [1.54, 1.807) is 12.1 Å². The van der Waals surface area contributed by atoms with Crippen LogP contribution in [0.3, 0.4) is 0 Å². The van der Waals surface area contributed by atoms with Crippen LogP contribution in [-0.4, -0.2) is 0 Å². The second-order valence-corrected chi connectivity index (χ2v) is 6.23. The number of hydrogen-bond donors (Lipinski definition) is 0. The summed E-state index contributed by atoms with van der Waals surface area (Å²) in [4.78, 5) is 0. The first-order chi connectivity index (χ1) is 11.4. The molecule has 0 unspecified atom stereocenters. The SMILES string of the molecule is Cc1ccc(OC(F)(F)c2ccc(C3CCCC3)cc2)c(F)c1F. The average molecular weight is 338 g/mol. The zero-order chi connectivity index (χ0) is 17.3. The second-order valence-electron chi connectivity index (χ2n) is 6.23. The molecular weight excluding hydrogens is 320 g/mol. The summed E-state index contributed by atoms with van der Waals surface area (Å²) in [6.07, 6.45) is 0.713. The first kappa shape index (κ1) is 16.8. The molecule has 24 heavy (non-hydrogen) atoms. The minimum Gasteiger partial charge on any atom is -0.426 e. The molecule has 1 nitrogen and oxygen atoms in total. The van der Waals surface area contributed by atoms with Gasteiger partial charge in [0.05, 0.1) is 5.56 Å². The maximum atomic E-state index is 14.3. The third-order valence-electron chi connectivity index (χ3n) is 4.55. The van der Waals surface area contributed by atoms with E-state index in [1.807, 2.05) is 0 Å². The van der Waals surface area contributed by atoms with Crippen LogP contribution in [0, 0.1) is 18.6 Å². The first-order valence-corrected chi connectivity index (χ1v) is 8.00. The van der Waals surface area contributed by atoms with E-state index >= 15 is 0 Å². The summed E-state index contributed by atoms with van der Waals surface area (Å²) in [6.45, 7) is 1.35. The lowest BCUT2D eigenvalue weighted by atomic mass is 9.96. The zero-order valence-corrected chi connectivity index (χ0v) is 13.3. The van der Waals surface area contributed by atoms with Crippen molar-refractivity contribution < 1.29 is 22.3 Å². The number of rotatable bonds is 4. The summed E-state index contributed by atoms with van der Waals surface area (Å²) < 4.78 is 60.2. The number of benzene rings is 2. The van der Waals surface area contributed by atoms with Gasteiger partial charge in [0.15, 0.2) is 11.6 Å². The molecule has 0 amide bonds. The Balaban J connectivity index is 1.81. The van der Waals surface area contributed by atoms with E-state index < -0.39 is 23.5 Å². The number of aryl methyl sites for hydroxylation is 1. The minimum atomic E-state index is -3.74. The third-order valence-corrected chi connectivity index (χ3v) is 4.55. The van der Waals surface area contributed by atoms with E-state index in [0.29, 0.717) is 5.92 Å². The van der Waals surface area contributed by atoms with E-state index in [0.717, 1.165) is 37.3 Å². The van der Waals surface area contributed by atoms with Gasteiger partial charge >= 0.3 is 6.11 Å². The maximum Gasteiger partial charge on any atom is 0.426 e. The van der Waals surface area contributed by atoms with Gasteiger partial charge < -0.3 is 4.74 Å². The van der Waals surface area contributed by atoms with Crippen LogP contribution >= 0.6 is 0 Å². The number of alkyl halides is 2. The van der Waals surface area contributed by atoms with Crippen molar-refractivity contribution in [3.8, 4) is 5.75 Å². The fraction of sp³-hybridized carbons (Fsp3) is 0.368. The number of hydrogen-bond acceptors (Lipinski definition) is 1. The molecule has 2 aromatic rings. The molecule has 0 radical (unpaired) electrons. The summed E-state index contributed by atoms with van der Waals surface area (Å²) in [5.74, 6) is -2.97. The molecule has 1 saturated carbocycles. The van der Waals surface area contributed by atoms with Crippen molar-refractivity contribution >= 4 is 0 Å². The van der Waals surface area contributed by atoms with Crippen LogP contribution in [0.2, 0.25) is 0 Å². The maximum absolute atomic E-state index is 14.3. The molecular formula is C19H18F4O. The van der Waals surface area contributed by atoms with Gasteiger partial charge in [-0.15, -0.1) is 0 Å². The van der Waals surface area contributed by atoms with Gasteiger partial charge in [-0.2, -0.15) is 13.2 Å². The summed E-state index contributed by atoms with van der Waals surface area (Å²) in [6, 6.07) is 8.11. The van der Waals surface area contributed by atoms with Crippen molar-refractivity contribution in [3.05, 3.63) is 64.7 Å². The second kappa shape index (κ2) is 6.46. The molecule has 1 aliphatic rings. The molecule has 0 heterocycles. The Labute approximate surface area is 138 Å². The highest BCUT2D eigenvalue weighted by Crippen LogP contribution is 2.37. The molecule has 0 aliphatic heterocycles. The third kappa shape index (κ3) is 3.25. The molecule has 2 aromatic carbocycles. The summed E-state index contributed by atoms with van der Waals surface area (Å²) in [5, 5.41) is 0. The van der Waals surface area contributed by atoms with Crippen LogP contribution in [0.25, 0.3) is 0 Å². The average Bonchev–Trinajstić information content (AvgIpc) is 3.10. The van der Waals surface area contributed by atoms with Gasteiger partial charge in [-0.25, -0.2) is 4.39 Å². The van der Waals surface area contributed by atoms with E-state index in [4.69, 9.17) is 0 Å². The fourth-order valence-electron chi connectivity index (χ4n) is 3.11. The van der Waals surface area contributed by atoms with Gasteiger partial charge in [-0.05, 0) is 55.0 Å². The number of halogens is 4. The molecule has 5 heteroatoms. The van der Waals surface area contributed by atoms with Gasteiger partial charge in [0.25, 0.3) is 0 Å². The van der Waals surface area contributed by atoms with Gasteiger partial charge in [0, 0.05) is 0 Å². The molecule has 0 aromatic heterocycles. The molecule has 0 bridgehead atoms. The number of ether oxygens (including phenoxy) is 1. The van der Waals surface area contributed by atoms with Crippen LogP contribution in [-0.2, 0) is 6.11 Å². The summed E-state index contributed by atoms with van der Waals surface area (Å²) in [5.41, 5.74) is 0.674. The lowest BCUT2D eigenvalue weighted by molar-refractivity contribution is -0.187. The Morgan fingerprint density at radius 1 is 0.917 bits per heavy atom. The van der Waals surface area contributed by atoms with E-state index in [-0.39, 0.29) is 11.1 Å². The normalized spacial score (nSPS) is 15.7. The van der Waals surface area contributed by atoms with Crippen molar-refractivity contribution in [1.82, 2.24) is 0 Å². The van der Waals surface area contributed by atoms with E-state index in [9.17, 15) is 17.6 Å². The Bertz CT molecular complexity index is 719. The Hall–Kier alpha value is -2.04. The lowest BCUT2D eigenvalue weighted by Crippen LogP contribution is -2.22. The van der Waals surface area contributed by atoms with Crippen molar-refractivity contribution in [1.29, 1.82) is 0 Å². The molecule has 0 spiro atoms. The van der Waals surface area contributed by atoms with Gasteiger partial charge in [0.1, 0.15) is 0 Å². The smallest absolute Gasteiger partial charge is 0.426 e. The lowest BCUT2D eigenvalue weighted by Gasteiger charge is -2.20. The Morgan fingerprint density at radius 2 is 1.54 bits per heavy atom. The molecule has 0 atom stereocenters. The highest BCUT2D eigenvalue weighted by Gasteiger charge is 2.36. The molecule has 1 fully saturated rings. The summed E-state index contributed by atoms with van der Waals surface area (Å²) in [7, 11) is 0. The molecule has 0 saturated heterocycles. The molecule has 128 valence electrons. The van der Waals surface area contributed by atoms with Crippen molar-refractivity contribution in [2.75, 3.05) is 0 Å². The fourth-order valence-corrected chi connectivity index (χ4v) is 3.11. The molecule has 3 rings (SSSR count). The molecule has 0 N–H and O–H groups in total. The van der Waals surface area contributed by atoms with E-state index in [1.165, 1.54) is 25.1 Å². The minimum absolute atomic E-state index is 0.0316. The first-order valence-electron chi connectivity index (χ1n) is 8.00. The van der Waals surface area contributed by atoms with Gasteiger partial charge in [0.2, 0.25) is 5.82 Å².